The molecule has 1 aliphatic rings. The van der Waals surface area contributed by atoms with Crippen LogP contribution >= 0.6 is 0 Å². The normalized spacial score (nSPS) is 14.6. The molecule has 0 bridgehead atoms. The molecule has 0 atom stereocenters. The summed E-state index contributed by atoms with van der Waals surface area (Å²) in [6, 6.07) is 14.3. The number of nitrogens with zero attached hydrogens (tertiary/aromatic N) is 6. The van der Waals surface area contributed by atoms with E-state index in [1.54, 1.807) is 16.8 Å². The Labute approximate surface area is 208 Å². The summed E-state index contributed by atoms with van der Waals surface area (Å²) in [5.74, 6) is 0.412. The fourth-order valence-electron chi connectivity index (χ4n) is 4.53. The third-order valence-corrected chi connectivity index (χ3v) is 6.61. The number of aromatic amines is 1. The number of ether oxygens (including phenoxy) is 1. The number of fused-ring (bicyclic) bond motifs is 1. The molecule has 1 aliphatic heterocycles. The number of aromatic nitrogens is 5. The van der Waals surface area contributed by atoms with E-state index in [4.69, 9.17) is 4.74 Å². The number of para-hydroxylation sites is 1. The van der Waals surface area contributed by atoms with E-state index in [9.17, 15) is 9.18 Å². The van der Waals surface area contributed by atoms with Crippen molar-refractivity contribution < 1.29 is 9.13 Å². The van der Waals surface area contributed by atoms with Crippen molar-refractivity contribution in [2.45, 2.75) is 26.6 Å². The van der Waals surface area contributed by atoms with Crippen molar-refractivity contribution in [2.24, 2.45) is 0 Å². The molecule has 2 aromatic heterocycles. The standard InChI is InChI=1S/C26H30FN7O2/c1-19-3-2-4-21-15-22(26(35)28-25(19)21)17-33(10-9-32-11-13-36-14-12-32)18-24-29-30-31-34(24)16-20-5-7-23(27)8-6-20/h2-8,15H,9-14,16-18H2,1H3,(H,28,35). The van der Waals surface area contributed by atoms with E-state index < -0.39 is 0 Å². The second-order valence-electron chi connectivity index (χ2n) is 9.21. The first kappa shape index (κ1) is 24.2. The SMILES string of the molecule is Cc1cccc2cc(CN(CCN3CCOCC3)Cc3nnnn3Cc3ccc(F)cc3)c(=O)[nH]c12. The van der Waals surface area contributed by atoms with Crippen molar-refractivity contribution in [1.29, 1.82) is 0 Å². The summed E-state index contributed by atoms with van der Waals surface area (Å²) >= 11 is 0. The van der Waals surface area contributed by atoms with Crippen LogP contribution in [0.2, 0.25) is 0 Å². The number of halogens is 1. The topological polar surface area (TPSA) is 92.2 Å². The second kappa shape index (κ2) is 11.1. The van der Waals surface area contributed by atoms with E-state index in [0.717, 1.165) is 61.4 Å². The van der Waals surface area contributed by atoms with E-state index in [2.05, 4.69) is 30.3 Å². The molecular formula is C26H30FN7O2. The van der Waals surface area contributed by atoms with E-state index in [1.807, 2.05) is 31.2 Å². The molecule has 10 heteroatoms. The number of hydrogen-bond acceptors (Lipinski definition) is 7. The zero-order valence-corrected chi connectivity index (χ0v) is 20.4. The first-order valence-electron chi connectivity index (χ1n) is 12.2. The second-order valence-corrected chi connectivity index (χ2v) is 9.21. The van der Waals surface area contributed by atoms with Crippen LogP contribution in [-0.2, 0) is 24.4 Å². The van der Waals surface area contributed by atoms with Crippen molar-refractivity contribution in [1.82, 2.24) is 35.0 Å². The molecule has 0 saturated carbocycles. The minimum Gasteiger partial charge on any atom is -0.379 e. The fourth-order valence-corrected chi connectivity index (χ4v) is 4.53. The number of hydrogen-bond donors (Lipinski definition) is 1. The van der Waals surface area contributed by atoms with Gasteiger partial charge in [0.1, 0.15) is 5.82 Å². The molecule has 0 radical (unpaired) electrons. The average molecular weight is 492 g/mol. The maximum Gasteiger partial charge on any atom is 0.252 e. The van der Waals surface area contributed by atoms with Crippen LogP contribution in [0, 0.1) is 12.7 Å². The largest absolute Gasteiger partial charge is 0.379 e. The molecule has 0 unspecified atom stereocenters. The molecule has 0 aliphatic carbocycles. The van der Waals surface area contributed by atoms with Crippen LogP contribution in [0.25, 0.3) is 10.9 Å². The predicted molar refractivity (Wildman–Crippen MR) is 134 cm³/mol. The molecule has 188 valence electrons. The molecule has 0 amide bonds. The van der Waals surface area contributed by atoms with Crippen LogP contribution in [0.3, 0.4) is 0 Å². The maximum absolute atomic E-state index is 13.3. The summed E-state index contributed by atoms with van der Waals surface area (Å²) in [6.45, 7) is 8.24. The summed E-state index contributed by atoms with van der Waals surface area (Å²) in [5, 5.41) is 13.3. The molecule has 5 rings (SSSR count). The van der Waals surface area contributed by atoms with Gasteiger partial charge in [-0.1, -0.05) is 30.3 Å². The van der Waals surface area contributed by atoms with Gasteiger partial charge in [0.25, 0.3) is 5.56 Å². The zero-order chi connectivity index (χ0) is 24.9. The van der Waals surface area contributed by atoms with E-state index in [0.29, 0.717) is 31.0 Å². The molecular weight excluding hydrogens is 461 g/mol. The molecule has 4 aromatic rings. The Hall–Kier alpha value is -3.47. The van der Waals surface area contributed by atoms with Crippen molar-refractivity contribution in [2.75, 3.05) is 39.4 Å². The van der Waals surface area contributed by atoms with Gasteiger partial charge in [-0.2, -0.15) is 0 Å². The van der Waals surface area contributed by atoms with E-state index in [1.165, 1.54) is 12.1 Å². The smallest absolute Gasteiger partial charge is 0.252 e. The average Bonchev–Trinajstić information content (AvgIpc) is 3.32. The van der Waals surface area contributed by atoms with Gasteiger partial charge in [0.05, 0.1) is 31.8 Å². The quantitative estimate of drug-likeness (QED) is 0.384. The Morgan fingerprint density at radius 3 is 2.72 bits per heavy atom. The highest BCUT2D eigenvalue weighted by Crippen LogP contribution is 2.17. The van der Waals surface area contributed by atoms with Crippen molar-refractivity contribution in [3.63, 3.8) is 0 Å². The number of H-pyrrole nitrogens is 1. The number of benzene rings is 2. The predicted octanol–water partition coefficient (Wildman–Crippen LogP) is 2.34. The Kier molecular flexibility index (Phi) is 7.45. The summed E-state index contributed by atoms with van der Waals surface area (Å²) in [7, 11) is 0. The van der Waals surface area contributed by atoms with Gasteiger partial charge in [0, 0.05) is 38.3 Å². The molecule has 9 nitrogen and oxygen atoms in total. The van der Waals surface area contributed by atoms with Crippen LogP contribution < -0.4 is 5.56 Å². The Balaban J connectivity index is 1.37. The minimum absolute atomic E-state index is 0.0842. The Morgan fingerprint density at radius 2 is 1.92 bits per heavy atom. The number of morpholine rings is 1. The lowest BCUT2D eigenvalue weighted by atomic mass is 10.1. The van der Waals surface area contributed by atoms with E-state index in [-0.39, 0.29) is 11.4 Å². The van der Waals surface area contributed by atoms with Gasteiger partial charge < -0.3 is 9.72 Å². The maximum atomic E-state index is 13.3. The van der Waals surface area contributed by atoms with Crippen LogP contribution in [0.5, 0.6) is 0 Å². The molecule has 0 spiro atoms. The molecule has 2 aromatic carbocycles. The Morgan fingerprint density at radius 1 is 1.11 bits per heavy atom. The summed E-state index contributed by atoms with van der Waals surface area (Å²) < 4.78 is 20.5. The van der Waals surface area contributed by atoms with Crippen LogP contribution in [0.4, 0.5) is 4.39 Å². The highest BCUT2D eigenvalue weighted by Gasteiger charge is 2.18. The van der Waals surface area contributed by atoms with Crippen molar-refractivity contribution >= 4 is 10.9 Å². The highest BCUT2D eigenvalue weighted by atomic mass is 19.1. The fraction of sp³-hybridized carbons (Fsp3) is 0.385. The monoisotopic (exact) mass is 491 g/mol. The third kappa shape index (κ3) is 5.84. The lowest BCUT2D eigenvalue weighted by molar-refractivity contribution is 0.0322. The lowest BCUT2D eigenvalue weighted by Gasteiger charge is -2.29. The van der Waals surface area contributed by atoms with Gasteiger partial charge in [0.2, 0.25) is 0 Å². The zero-order valence-electron chi connectivity index (χ0n) is 20.4. The minimum atomic E-state index is -0.277. The molecule has 1 N–H and O–H groups in total. The molecule has 36 heavy (non-hydrogen) atoms. The summed E-state index contributed by atoms with van der Waals surface area (Å²) in [5.41, 5.74) is 3.44. The van der Waals surface area contributed by atoms with E-state index >= 15 is 0 Å². The molecule has 1 fully saturated rings. The number of rotatable bonds is 9. The number of nitrogens with one attached hydrogen (secondary N) is 1. The lowest BCUT2D eigenvalue weighted by Crippen LogP contribution is -2.41. The summed E-state index contributed by atoms with van der Waals surface area (Å²) in [6.07, 6.45) is 0. The molecule has 3 heterocycles. The first-order valence-corrected chi connectivity index (χ1v) is 12.2. The Bertz CT molecular complexity index is 1360. The third-order valence-electron chi connectivity index (χ3n) is 6.61. The van der Waals surface area contributed by atoms with Gasteiger partial charge in [-0.15, -0.1) is 5.10 Å². The van der Waals surface area contributed by atoms with Gasteiger partial charge in [-0.05, 0) is 52.1 Å². The number of aryl methyl sites for hydroxylation is 1. The first-order chi connectivity index (χ1) is 17.5. The van der Waals surface area contributed by atoms with Crippen LogP contribution in [0.1, 0.15) is 22.5 Å². The van der Waals surface area contributed by atoms with Crippen molar-refractivity contribution in [3.8, 4) is 0 Å². The number of pyridine rings is 1. The van der Waals surface area contributed by atoms with Crippen LogP contribution in [-0.4, -0.2) is 74.4 Å². The van der Waals surface area contributed by atoms with Gasteiger partial charge in [-0.3, -0.25) is 14.6 Å². The summed E-state index contributed by atoms with van der Waals surface area (Å²) in [4.78, 5) is 20.6. The highest BCUT2D eigenvalue weighted by molar-refractivity contribution is 5.81. The number of tetrazole rings is 1. The van der Waals surface area contributed by atoms with Gasteiger partial charge in [0.15, 0.2) is 5.82 Å². The van der Waals surface area contributed by atoms with Crippen LogP contribution in [0.15, 0.2) is 53.3 Å². The van der Waals surface area contributed by atoms with Crippen molar-refractivity contribution in [3.05, 3.63) is 87.2 Å². The van der Waals surface area contributed by atoms with Gasteiger partial charge in [-0.25, -0.2) is 9.07 Å². The van der Waals surface area contributed by atoms with Gasteiger partial charge >= 0.3 is 0 Å². The molecule has 1 saturated heterocycles.